The summed E-state index contributed by atoms with van der Waals surface area (Å²) in [4.78, 5) is 22.6. The third kappa shape index (κ3) is 4.79. The number of carbonyl (C=O) groups excluding carboxylic acids is 1. The minimum Gasteiger partial charge on any atom is -0.496 e. The van der Waals surface area contributed by atoms with Crippen LogP contribution in [0.2, 0.25) is 0 Å². The van der Waals surface area contributed by atoms with E-state index in [4.69, 9.17) is 14.5 Å². The Morgan fingerprint density at radius 3 is 2.75 bits per heavy atom. The summed E-state index contributed by atoms with van der Waals surface area (Å²) in [5.41, 5.74) is 5.06. The lowest BCUT2D eigenvalue weighted by atomic mass is 9.82. The normalized spacial score (nSPS) is 20.5. The van der Waals surface area contributed by atoms with E-state index in [-0.39, 0.29) is 11.9 Å². The first-order chi connectivity index (χ1) is 17.6. The van der Waals surface area contributed by atoms with Crippen molar-refractivity contribution in [3.05, 3.63) is 52.2 Å². The number of amides is 1. The lowest BCUT2D eigenvalue weighted by Gasteiger charge is -2.41. The molecule has 36 heavy (non-hydrogen) atoms. The molecular formula is C29H36N4O3. The number of piperazine rings is 1. The Morgan fingerprint density at radius 2 is 2.00 bits per heavy atom. The highest BCUT2D eigenvalue weighted by Crippen LogP contribution is 2.39. The van der Waals surface area contributed by atoms with Crippen molar-refractivity contribution in [3.63, 3.8) is 0 Å². The highest BCUT2D eigenvalue weighted by molar-refractivity contribution is 5.80. The summed E-state index contributed by atoms with van der Waals surface area (Å²) in [6.07, 6.45) is 7.17. The van der Waals surface area contributed by atoms with Crippen LogP contribution in [0.15, 0.2) is 24.3 Å². The van der Waals surface area contributed by atoms with Crippen LogP contribution in [0.3, 0.4) is 0 Å². The molecule has 2 aliphatic heterocycles. The molecule has 1 aromatic heterocycles. The largest absolute Gasteiger partial charge is 0.496 e. The summed E-state index contributed by atoms with van der Waals surface area (Å²) >= 11 is 0. The smallest absolute Gasteiger partial charge is 0.227 e. The summed E-state index contributed by atoms with van der Waals surface area (Å²) in [5, 5.41) is 10.2. The first-order valence-corrected chi connectivity index (χ1v) is 13.3. The zero-order chi connectivity index (χ0) is 25.1. The molecule has 3 heterocycles. The molecule has 1 atom stereocenters. The zero-order valence-corrected chi connectivity index (χ0v) is 21.5. The van der Waals surface area contributed by atoms with E-state index in [2.05, 4.69) is 17.9 Å². The van der Waals surface area contributed by atoms with E-state index < -0.39 is 0 Å². The fourth-order valence-corrected chi connectivity index (χ4v) is 6.16. The number of aromatic nitrogens is 1. The zero-order valence-electron chi connectivity index (χ0n) is 21.5. The number of nitriles is 1. The maximum atomic E-state index is 13.2. The molecule has 1 aromatic carbocycles. The van der Waals surface area contributed by atoms with Crippen LogP contribution < -0.4 is 9.64 Å². The van der Waals surface area contributed by atoms with Gasteiger partial charge in [0.05, 0.1) is 38.0 Å². The first kappa shape index (κ1) is 24.6. The maximum Gasteiger partial charge on any atom is 0.227 e. The predicted molar refractivity (Wildman–Crippen MR) is 138 cm³/mol. The fraction of sp³-hybridized carbons (Fsp3) is 0.552. The highest BCUT2D eigenvalue weighted by atomic mass is 16.5. The lowest BCUT2D eigenvalue weighted by Crippen LogP contribution is -2.55. The van der Waals surface area contributed by atoms with Gasteiger partial charge in [-0.2, -0.15) is 5.26 Å². The Morgan fingerprint density at radius 1 is 1.19 bits per heavy atom. The van der Waals surface area contributed by atoms with Crippen LogP contribution in [0.5, 0.6) is 5.75 Å². The van der Waals surface area contributed by atoms with E-state index in [0.29, 0.717) is 50.8 Å². The number of methoxy groups -OCH3 is 1. The molecule has 0 bridgehead atoms. The predicted octanol–water partition coefficient (Wildman–Crippen LogP) is 4.36. The SMILES string of the molecule is COc1ccccc1CC(=O)N1CCN(c2nc(C3CCCCC3)c3c(c2C#N)CCOC3)C[C@H]1C. The van der Waals surface area contributed by atoms with Gasteiger partial charge in [0.2, 0.25) is 5.91 Å². The highest BCUT2D eigenvalue weighted by Gasteiger charge is 2.33. The summed E-state index contributed by atoms with van der Waals surface area (Å²) in [6, 6.07) is 10.2. The number of hydrogen-bond donors (Lipinski definition) is 0. The number of nitrogens with zero attached hydrogens (tertiary/aromatic N) is 4. The number of rotatable bonds is 5. The second kappa shape index (κ2) is 10.9. The number of pyridine rings is 1. The summed E-state index contributed by atoms with van der Waals surface area (Å²) in [7, 11) is 1.64. The van der Waals surface area contributed by atoms with Crippen molar-refractivity contribution in [2.24, 2.45) is 0 Å². The van der Waals surface area contributed by atoms with E-state index >= 15 is 0 Å². The van der Waals surface area contributed by atoms with Gasteiger partial charge in [-0.15, -0.1) is 0 Å². The molecule has 1 aliphatic carbocycles. The van der Waals surface area contributed by atoms with Crippen LogP contribution >= 0.6 is 0 Å². The van der Waals surface area contributed by atoms with Gasteiger partial charge in [0.15, 0.2) is 0 Å². The van der Waals surface area contributed by atoms with Gasteiger partial charge in [-0.05, 0) is 37.8 Å². The van der Waals surface area contributed by atoms with E-state index in [0.717, 1.165) is 53.2 Å². The van der Waals surface area contributed by atoms with Crippen molar-refractivity contribution in [1.82, 2.24) is 9.88 Å². The average Bonchev–Trinajstić information content (AvgIpc) is 2.92. The van der Waals surface area contributed by atoms with Crippen LogP contribution in [0.25, 0.3) is 0 Å². The molecule has 7 heteroatoms. The number of benzene rings is 1. The molecule has 3 aliphatic rings. The third-order valence-electron chi connectivity index (χ3n) is 8.05. The minimum absolute atomic E-state index is 0.0202. The molecule has 1 saturated heterocycles. The molecule has 5 rings (SSSR count). The number of fused-ring (bicyclic) bond motifs is 1. The quantitative estimate of drug-likeness (QED) is 0.622. The van der Waals surface area contributed by atoms with Crippen molar-refractivity contribution < 1.29 is 14.3 Å². The van der Waals surface area contributed by atoms with Gasteiger partial charge in [-0.3, -0.25) is 4.79 Å². The standard InChI is InChI=1S/C29H36N4O3/c1-20-18-32(13-14-33(20)27(34)16-22-10-6-7-11-26(22)35-2)29-24(17-30)23-12-15-36-19-25(23)28(31-29)21-8-4-3-5-9-21/h6-7,10-11,20-21H,3-5,8-9,12-16,18-19H2,1-2H3/t20-/m1/s1. The molecule has 0 N–H and O–H groups in total. The number of para-hydroxylation sites is 1. The van der Waals surface area contributed by atoms with E-state index in [1.165, 1.54) is 19.3 Å². The third-order valence-corrected chi connectivity index (χ3v) is 8.05. The van der Waals surface area contributed by atoms with Crippen LogP contribution in [-0.2, 0) is 29.0 Å². The van der Waals surface area contributed by atoms with Gasteiger partial charge in [0, 0.05) is 42.7 Å². The summed E-state index contributed by atoms with van der Waals surface area (Å²) in [6.45, 7) is 5.25. The maximum absolute atomic E-state index is 13.2. The first-order valence-electron chi connectivity index (χ1n) is 13.3. The molecule has 0 radical (unpaired) electrons. The van der Waals surface area contributed by atoms with E-state index in [1.54, 1.807) is 7.11 Å². The molecular weight excluding hydrogens is 452 g/mol. The van der Waals surface area contributed by atoms with E-state index in [9.17, 15) is 10.1 Å². The molecule has 190 valence electrons. The molecule has 7 nitrogen and oxygen atoms in total. The van der Waals surface area contributed by atoms with Crippen molar-refractivity contribution in [3.8, 4) is 11.8 Å². The molecule has 0 spiro atoms. The van der Waals surface area contributed by atoms with Gasteiger partial charge in [-0.1, -0.05) is 37.5 Å². The van der Waals surface area contributed by atoms with Gasteiger partial charge >= 0.3 is 0 Å². The lowest BCUT2D eigenvalue weighted by molar-refractivity contribution is -0.132. The molecule has 0 unspecified atom stereocenters. The van der Waals surface area contributed by atoms with Gasteiger partial charge in [0.1, 0.15) is 17.6 Å². The Hall–Kier alpha value is -3.11. The summed E-state index contributed by atoms with van der Waals surface area (Å²) < 4.78 is 11.3. The van der Waals surface area contributed by atoms with E-state index in [1.807, 2.05) is 29.2 Å². The Labute approximate surface area is 214 Å². The van der Waals surface area contributed by atoms with Crippen molar-refractivity contribution in [2.45, 2.75) is 70.4 Å². The van der Waals surface area contributed by atoms with Crippen LogP contribution in [0.4, 0.5) is 5.82 Å². The molecule has 1 amide bonds. The number of carbonyl (C=O) groups is 1. The topological polar surface area (TPSA) is 78.7 Å². The number of anilines is 1. The Balaban J connectivity index is 1.39. The van der Waals surface area contributed by atoms with Gasteiger partial charge in [-0.25, -0.2) is 4.98 Å². The molecule has 2 aromatic rings. The van der Waals surface area contributed by atoms with Crippen molar-refractivity contribution in [2.75, 3.05) is 38.3 Å². The monoisotopic (exact) mass is 488 g/mol. The van der Waals surface area contributed by atoms with Gasteiger partial charge < -0.3 is 19.3 Å². The minimum atomic E-state index is 0.0202. The van der Waals surface area contributed by atoms with Crippen LogP contribution in [0, 0.1) is 11.3 Å². The average molecular weight is 489 g/mol. The van der Waals surface area contributed by atoms with Gasteiger partial charge in [0.25, 0.3) is 0 Å². The van der Waals surface area contributed by atoms with Crippen LogP contribution in [-0.4, -0.2) is 55.2 Å². The summed E-state index contributed by atoms with van der Waals surface area (Å²) in [5.74, 6) is 2.10. The van der Waals surface area contributed by atoms with Crippen molar-refractivity contribution >= 4 is 11.7 Å². The molecule has 2 fully saturated rings. The Bertz CT molecular complexity index is 1150. The van der Waals surface area contributed by atoms with Crippen LogP contribution in [0.1, 0.15) is 72.9 Å². The molecule has 1 saturated carbocycles. The number of hydrogen-bond acceptors (Lipinski definition) is 6. The van der Waals surface area contributed by atoms with Crippen molar-refractivity contribution in [1.29, 1.82) is 5.26 Å². The fourth-order valence-electron chi connectivity index (χ4n) is 6.16. The number of ether oxygens (including phenoxy) is 2. The second-order valence-corrected chi connectivity index (χ2v) is 10.3. The second-order valence-electron chi connectivity index (χ2n) is 10.3. The Kier molecular flexibility index (Phi) is 7.43.